The van der Waals surface area contributed by atoms with Crippen LogP contribution in [0.25, 0.3) is 22.0 Å². The number of sulfone groups is 1. The number of amides is 1. The van der Waals surface area contributed by atoms with E-state index in [1.165, 1.54) is 21.7 Å². The van der Waals surface area contributed by atoms with Gasteiger partial charge in [-0.25, -0.2) is 17.2 Å². The van der Waals surface area contributed by atoms with Crippen molar-refractivity contribution in [2.24, 2.45) is 7.05 Å². The Morgan fingerprint density at radius 2 is 1.90 bits per heavy atom. The Morgan fingerprint density at radius 1 is 1.15 bits per heavy atom. The van der Waals surface area contributed by atoms with Gasteiger partial charge in [0.2, 0.25) is 5.91 Å². The fourth-order valence-electron chi connectivity index (χ4n) is 5.03. The van der Waals surface area contributed by atoms with Crippen molar-refractivity contribution in [2.45, 2.75) is 18.2 Å². The number of hydrogen-bond acceptors (Lipinski definition) is 6. The first-order valence-corrected chi connectivity index (χ1v) is 14.0. The first kappa shape index (κ1) is 26.1. The number of hydrogen-bond donors (Lipinski definition) is 2. The van der Waals surface area contributed by atoms with Gasteiger partial charge < -0.3 is 19.8 Å². The molecule has 0 radical (unpaired) electrons. The zero-order valence-corrected chi connectivity index (χ0v) is 21.8. The Kier molecular flexibility index (Phi) is 6.47. The van der Waals surface area contributed by atoms with Crippen molar-refractivity contribution in [2.75, 3.05) is 17.7 Å². The van der Waals surface area contributed by atoms with E-state index >= 15 is 4.39 Å². The Hall–Kier alpha value is -4.50. The molecule has 0 spiro atoms. The lowest BCUT2D eigenvalue weighted by molar-refractivity contribution is -0.122. The third-order valence-corrected chi connectivity index (χ3v) is 7.44. The number of carbonyl (C=O) groups excluding carboxylic acids is 1. The molecule has 1 aliphatic rings. The van der Waals surface area contributed by atoms with Gasteiger partial charge in [0.05, 0.1) is 29.6 Å². The minimum atomic E-state index is -3.41. The van der Waals surface area contributed by atoms with Crippen LogP contribution >= 0.6 is 0 Å². The molecule has 0 fully saturated rings. The molecule has 5 rings (SSSR count). The largest absolute Gasteiger partial charge is 0.356 e. The highest BCUT2D eigenvalue weighted by Gasteiger charge is 2.38. The quantitative estimate of drug-likeness (QED) is 0.353. The van der Waals surface area contributed by atoms with E-state index in [0.29, 0.717) is 39.4 Å². The molecule has 0 saturated heterocycles. The number of rotatable bonds is 6. The second-order valence-electron chi connectivity index (χ2n) is 9.44. The standard InChI is InChI=1S/C27H23F2N5O4S/c1-33-13-19-17-10-15(14-39(2,37)38)4-6-21(17)34(22-7-5-16(28)11-20(22)29)25(26(35)31-9-3-8-30)18-12-32-24(23(18)19)27(33)36/h4-7,10-13,25,32H,3,9,14H2,1-2H3,(H,31,35). The number of aryl methyl sites for hydroxylation is 1. The van der Waals surface area contributed by atoms with E-state index in [0.717, 1.165) is 12.3 Å². The fourth-order valence-corrected chi connectivity index (χ4v) is 5.82. The Morgan fingerprint density at radius 3 is 2.59 bits per heavy atom. The number of carbonyl (C=O) groups is 1. The molecule has 2 aromatic carbocycles. The number of benzene rings is 2. The lowest BCUT2D eigenvalue weighted by atomic mass is 9.98. The van der Waals surface area contributed by atoms with Crippen LogP contribution in [-0.2, 0) is 27.4 Å². The summed E-state index contributed by atoms with van der Waals surface area (Å²) >= 11 is 0. The number of nitrogens with one attached hydrogen (secondary N) is 2. The fraction of sp³-hybridized carbons (Fsp3) is 0.222. The van der Waals surface area contributed by atoms with Gasteiger partial charge in [-0.3, -0.25) is 9.59 Å². The molecule has 12 heteroatoms. The van der Waals surface area contributed by atoms with E-state index in [1.807, 2.05) is 6.07 Å². The van der Waals surface area contributed by atoms with Crippen molar-refractivity contribution in [3.05, 3.63) is 81.9 Å². The van der Waals surface area contributed by atoms with Crippen LogP contribution in [0.3, 0.4) is 0 Å². The topological polar surface area (TPSA) is 128 Å². The summed E-state index contributed by atoms with van der Waals surface area (Å²) in [7, 11) is -1.85. The Bertz CT molecular complexity index is 1860. The predicted molar refractivity (Wildman–Crippen MR) is 142 cm³/mol. The highest BCUT2D eigenvalue weighted by Crippen LogP contribution is 2.49. The SMILES string of the molecule is Cn1cc2c3c(c[nH]c3c1=O)C(C(=O)NCCC#N)N(c1ccc(F)cc1F)c1ccc(CS(C)(=O)=O)cc1-2. The smallest absolute Gasteiger partial charge is 0.274 e. The van der Waals surface area contributed by atoms with E-state index in [1.54, 1.807) is 31.4 Å². The van der Waals surface area contributed by atoms with Crippen molar-refractivity contribution >= 4 is 38.0 Å². The van der Waals surface area contributed by atoms with Crippen LogP contribution < -0.4 is 15.8 Å². The average Bonchev–Trinajstić information content (AvgIpc) is 3.25. The van der Waals surface area contributed by atoms with Crippen LogP contribution in [-0.4, -0.2) is 36.7 Å². The first-order valence-electron chi connectivity index (χ1n) is 11.9. The highest BCUT2D eigenvalue weighted by atomic mass is 32.2. The van der Waals surface area contributed by atoms with Crippen LogP contribution in [0, 0.1) is 23.0 Å². The number of halogens is 2. The summed E-state index contributed by atoms with van der Waals surface area (Å²) in [6.07, 6.45) is 4.23. The van der Waals surface area contributed by atoms with Gasteiger partial charge in [0.15, 0.2) is 9.84 Å². The number of H-pyrrole nitrogens is 1. The summed E-state index contributed by atoms with van der Waals surface area (Å²) in [5, 5.41) is 12.1. The second kappa shape index (κ2) is 9.67. The molecule has 2 aromatic heterocycles. The molecule has 0 saturated carbocycles. The van der Waals surface area contributed by atoms with Gasteiger partial charge in [-0.1, -0.05) is 6.07 Å². The van der Waals surface area contributed by atoms with Gasteiger partial charge in [0, 0.05) is 60.4 Å². The third-order valence-electron chi connectivity index (χ3n) is 6.58. The molecule has 0 bridgehead atoms. The molecule has 3 heterocycles. The summed E-state index contributed by atoms with van der Waals surface area (Å²) < 4.78 is 54.9. The van der Waals surface area contributed by atoms with Crippen molar-refractivity contribution < 1.29 is 22.0 Å². The molecule has 4 aromatic rings. The molecular weight excluding hydrogens is 528 g/mol. The number of nitrogens with zero attached hydrogens (tertiary/aromatic N) is 3. The molecule has 200 valence electrons. The van der Waals surface area contributed by atoms with E-state index in [2.05, 4.69) is 10.3 Å². The van der Waals surface area contributed by atoms with Gasteiger partial charge in [0.25, 0.3) is 5.56 Å². The number of anilines is 2. The molecular formula is C27H23F2N5O4S. The van der Waals surface area contributed by atoms with Crippen LogP contribution in [0.5, 0.6) is 0 Å². The lowest BCUT2D eigenvalue weighted by Gasteiger charge is -2.33. The van der Waals surface area contributed by atoms with Gasteiger partial charge in [0.1, 0.15) is 23.2 Å². The maximum absolute atomic E-state index is 15.4. The Balaban J connectivity index is 1.88. The molecule has 1 unspecified atom stereocenters. The number of fused-ring (bicyclic) bond motifs is 2. The summed E-state index contributed by atoms with van der Waals surface area (Å²) in [6, 6.07) is 8.50. The zero-order chi connectivity index (χ0) is 28.1. The van der Waals surface area contributed by atoms with E-state index < -0.39 is 33.4 Å². The lowest BCUT2D eigenvalue weighted by Crippen LogP contribution is -2.39. The molecule has 1 aliphatic heterocycles. The Labute approximate surface area is 222 Å². The maximum atomic E-state index is 15.4. The van der Waals surface area contributed by atoms with Crippen LogP contribution in [0.15, 0.2) is 53.6 Å². The summed E-state index contributed by atoms with van der Waals surface area (Å²) in [6.45, 7) is 0.0305. The zero-order valence-electron chi connectivity index (χ0n) is 21.0. The molecule has 2 N–H and O–H groups in total. The van der Waals surface area contributed by atoms with Crippen molar-refractivity contribution in [3.63, 3.8) is 0 Å². The monoisotopic (exact) mass is 551 g/mol. The summed E-state index contributed by atoms with van der Waals surface area (Å²) in [4.78, 5) is 31.1. The van der Waals surface area contributed by atoms with Gasteiger partial charge in [-0.05, 0) is 29.8 Å². The van der Waals surface area contributed by atoms with Crippen molar-refractivity contribution in [3.8, 4) is 17.2 Å². The number of pyridine rings is 1. The van der Waals surface area contributed by atoms with Crippen LogP contribution in [0.2, 0.25) is 0 Å². The van der Waals surface area contributed by atoms with E-state index in [4.69, 9.17) is 5.26 Å². The minimum absolute atomic E-state index is 0.0305. The second-order valence-corrected chi connectivity index (χ2v) is 11.6. The maximum Gasteiger partial charge on any atom is 0.274 e. The summed E-state index contributed by atoms with van der Waals surface area (Å²) in [5.41, 5.74) is 1.86. The van der Waals surface area contributed by atoms with Crippen LogP contribution in [0.1, 0.15) is 23.6 Å². The average molecular weight is 552 g/mol. The minimum Gasteiger partial charge on any atom is -0.356 e. The van der Waals surface area contributed by atoms with Gasteiger partial charge >= 0.3 is 0 Å². The third kappa shape index (κ3) is 4.66. The normalized spacial score (nSPS) is 14.5. The van der Waals surface area contributed by atoms with Crippen LogP contribution in [0.4, 0.5) is 20.2 Å². The number of nitriles is 1. The highest BCUT2D eigenvalue weighted by molar-refractivity contribution is 7.89. The van der Waals surface area contributed by atoms with E-state index in [-0.39, 0.29) is 35.5 Å². The van der Waals surface area contributed by atoms with Crippen molar-refractivity contribution in [1.82, 2.24) is 14.9 Å². The number of aromatic nitrogens is 2. The molecule has 0 aliphatic carbocycles. The van der Waals surface area contributed by atoms with Crippen molar-refractivity contribution in [1.29, 1.82) is 5.26 Å². The van der Waals surface area contributed by atoms with E-state index in [9.17, 15) is 22.4 Å². The first-order chi connectivity index (χ1) is 18.5. The van der Waals surface area contributed by atoms with Gasteiger partial charge in [-0.15, -0.1) is 0 Å². The summed E-state index contributed by atoms with van der Waals surface area (Å²) in [5.74, 6) is -2.57. The number of aromatic amines is 1. The molecule has 1 atom stereocenters. The molecule has 9 nitrogen and oxygen atoms in total. The predicted octanol–water partition coefficient (Wildman–Crippen LogP) is 3.58. The molecule has 1 amide bonds. The van der Waals surface area contributed by atoms with Gasteiger partial charge in [-0.2, -0.15) is 5.26 Å². The molecule has 39 heavy (non-hydrogen) atoms.